The fourth-order valence-electron chi connectivity index (χ4n) is 2.00. The van der Waals surface area contributed by atoms with Crippen molar-refractivity contribution in [2.75, 3.05) is 0 Å². The van der Waals surface area contributed by atoms with Gasteiger partial charge in [0.2, 0.25) is 10.0 Å². The third kappa shape index (κ3) is 3.93. The van der Waals surface area contributed by atoms with E-state index in [2.05, 4.69) is 9.71 Å². The van der Waals surface area contributed by atoms with Crippen molar-refractivity contribution in [1.82, 2.24) is 9.71 Å². The van der Waals surface area contributed by atoms with Gasteiger partial charge in [-0.25, -0.2) is 26.9 Å². The molecule has 24 heavy (non-hydrogen) atoms. The number of hydrogen-bond donors (Lipinski definition) is 1. The van der Waals surface area contributed by atoms with E-state index in [0.29, 0.717) is 0 Å². The van der Waals surface area contributed by atoms with Crippen molar-refractivity contribution >= 4 is 10.0 Å². The van der Waals surface area contributed by atoms with Gasteiger partial charge in [0.1, 0.15) is 11.9 Å². The summed E-state index contributed by atoms with van der Waals surface area (Å²) < 4.78 is 54.5. The average Bonchev–Trinajstić information content (AvgIpc) is 2.45. The molecular formula is C16H15F2N3O2S. The number of rotatable bonds is 3. The van der Waals surface area contributed by atoms with Crippen molar-refractivity contribution in [2.24, 2.45) is 0 Å². The Morgan fingerprint density at radius 2 is 1.79 bits per heavy atom. The molecule has 0 aliphatic carbocycles. The quantitative estimate of drug-likeness (QED) is 0.921. The molecule has 0 bridgehead atoms. The largest absolute Gasteiger partial charge is 0.241 e. The van der Waals surface area contributed by atoms with Gasteiger partial charge in [0.05, 0.1) is 10.6 Å². The van der Waals surface area contributed by atoms with E-state index in [1.807, 2.05) is 0 Å². The Kier molecular flexibility index (Phi) is 4.69. The normalized spacial score (nSPS) is 12.0. The second-order valence-electron chi connectivity index (χ2n) is 6.14. The number of nitrogens with one attached hydrogen (secondary N) is 1. The lowest BCUT2D eigenvalue weighted by molar-refractivity contribution is 0.491. The fraction of sp³-hybridized carbons (Fsp3) is 0.250. The Hall–Kier alpha value is -2.37. The molecule has 0 aliphatic rings. The van der Waals surface area contributed by atoms with Crippen LogP contribution in [0.4, 0.5) is 8.78 Å². The van der Waals surface area contributed by atoms with Crippen molar-refractivity contribution in [3.63, 3.8) is 0 Å². The Bertz CT molecular complexity index is 929. The number of nitrogens with zero attached hydrogens (tertiary/aromatic N) is 2. The van der Waals surface area contributed by atoms with Crippen LogP contribution in [-0.4, -0.2) is 18.9 Å². The van der Waals surface area contributed by atoms with Crippen LogP contribution in [0.2, 0.25) is 0 Å². The summed E-state index contributed by atoms with van der Waals surface area (Å²) in [5.74, 6) is -1.65. The lowest BCUT2D eigenvalue weighted by Gasteiger charge is -2.20. The molecule has 0 saturated carbocycles. The summed E-state index contributed by atoms with van der Waals surface area (Å²) in [6.45, 7) is 5.00. The number of pyridine rings is 1. The van der Waals surface area contributed by atoms with Crippen LogP contribution in [0.5, 0.6) is 0 Å². The Morgan fingerprint density at radius 1 is 1.12 bits per heavy atom. The molecule has 2 aromatic rings. The minimum absolute atomic E-state index is 0.0267. The zero-order chi connectivity index (χ0) is 18.1. The molecule has 1 aromatic heterocycles. The summed E-state index contributed by atoms with van der Waals surface area (Å²) >= 11 is 0. The maximum atomic E-state index is 14.3. The number of sulfonamides is 1. The lowest BCUT2D eigenvalue weighted by Crippen LogP contribution is -2.40. The fourth-order valence-corrected chi connectivity index (χ4v) is 3.43. The zero-order valence-electron chi connectivity index (χ0n) is 13.3. The minimum Gasteiger partial charge on any atom is -0.234 e. The van der Waals surface area contributed by atoms with Crippen LogP contribution >= 0.6 is 0 Å². The second kappa shape index (κ2) is 6.26. The summed E-state index contributed by atoms with van der Waals surface area (Å²) in [7, 11) is -3.88. The van der Waals surface area contributed by atoms with Gasteiger partial charge in [-0.2, -0.15) is 5.26 Å². The van der Waals surface area contributed by atoms with E-state index in [9.17, 15) is 17.2 Å². The zero-order valence-corrected chi connectivity index (χ0v) is 14.1. The highest BCUT2D eigenvalue weighted by Gasteiger charge is 2.23. The summed E-state index contributed by atoms with van der Waals surface area (Å²) in [4.78, 5) is 3.50. The van der Waals surface area contributed by atoms with Gasteiger partial charge < -0.3 is 0 Å². The molecular weight excluding hydrogens is 336 g/mol. The molecule has 0 atom stereocenters. The molecule has 8 heteroatoms. The van der Waals surface area contributed by atoms with Gasteiger partial charge in [0.15, 0.2) is 11.5 Å². The monoisotopic (exact) mass is 351 g/mol. The predicted molar refractivity (Wildman–Crippen MR) is 84.4 cm³/mol. The highest BCUT2D eigenvalue weighted by atomic mass is 32.2. The molecule has 1 aromatic carbocycles. The summed E-state index contributed by atoms with van der Waals surface area (Å²) in [5, 5.41) is 8.78. The smallest absolute Gasteiger partial charge is 0.234 e. The first-order valence-corrected chi connectivity index (χ1v) is 8.42. The maximum Gasteiger partial charge on any atom is 0.241 e. The SMILES string of the molecule is CC(C)(C)NS(=O)(=O)c1ccc(-c2ccc(F)c(C#N)n2)c(F)c1. The number of nitriles is 1. The van der Waals surface area contributed by atoms with E-state index in [0.717, 1.165) is 12.1 Å². The Labute approximate surface area is 139 Å². The van der Waals surface area contributed by atoms with Crippen molar-refractivity contribution in [1.29, 1.82) is 5.26 Å². The van der Waals surface area contributed by atoms with Crippen LogP contribution in [-0.2, 0) is 10.0 Å². The van der Waals surface area contributed by atoms with Crippen molar-refractivity contribution < 1.29 is 17.2 Å². The van der Waals surface area contributed by atoms with Gasteiger partial charge in [-0.05, 0) is 51.1 Å². The van der Waals surface area contributed by atoms with Crippen LogP contribution in [0.3, 0.4) is 0 Å². The van der Waals surface area contributed by atoms with Crippen LogP contribution in [0, 0.1) is 23.0 Å². The molecule has 0 saturated heterocycles. The molecule has 0 aliphatic heterocycles. The van der Waals surface area contributed by atoms with Gasteiger partial charge in [-0.1, -0.05) is 0 Å². The molecule has 0 unspecified atom stereocenters. The number of benzene rings is 1. The number of hydrogen-bond acceptors (Lipinski definition) is 4. The van der Waals surface area contributed by atoms with Gasteiger partial charge in [-0.15, -0.1) is 0 Å². The molecule has 0 spiro atoms. The van der Waals surface area contributed by atoms with E-state index in [-0.39, 0.29) is 16.2 Å². The standard InChI is InChI=1S/C16H15F2N3O2S/c1-16(2,3)21-24(22,23)10-4-5-11(13(18)8-10)14-7-6-12(17)15(9-19)20-14/h4-8,21H,1-3H3. The molecule has 1 heterocycles. The lowest BCUT2D eigenvalue weighted by atomic mass is 10.1. The molecule has 0 fully saturated rings. The van der Waals surface area contributed by atoms with E-state index >= 15 is 0 Å². The van der Waals surface area contributed by atoms with Gasteiger partial charge in [0.25, 0.3) is 0 Å². The van der Waals surface area contributed by atoms with Crippen molar-refractivity contribution in [3.8, 4) is 17.3 Å². The van der Waals surface area contributed by atoms with Gasteiger partial charge in [-0.3, -0.25) is 0 Å². The first-order valence-electron chi connectivity index (χ1n) is 6.94. The van der Waals surface area contributed by atoms with Gasteiger partial charge >= 0.3 is 0 Å². The highest BCUT2D eigenvalue weighted by Crippen LogP contribution is 2.25. The number of halogens is 2. The summed E-state index contributed by atoms with van der Waals surface area (Å²) in [6.07, 6.45) is 0. The molecule has 2 rings (SSSR count). The molecule has 0 amide bonds. The molecule has 5 nitrogen and oxygen atoms in total. The van der Waals surface area contributed by atoms with E-state index < -0.39 is 32.9 Å². The van der Waals surface area contributed by atoms with E-state index in [1.165, 1.54) is 18.2 Å². The average molecular weight is 351 g/mol. The molecule has 126 valence electrons. The van der Waals surface area contributed by atoms with Crippen molar-refractivity contribution in [3.05, 3.63) is 47.7 Å². The van der Waals surface area contributed by atoms with Gasteiger partial charge in [0, 0.05) is 11.1 Å². The predicted octanol–water partition coefficient (Wildman–Crippen LogP) is 2.98. The Morgan fingerprint density at radius 3 is 2.33 bits per heavy atom. The van der Waals surface area contributed by atoms with Crippen LogP contribution in [0.15, 0.2) is 35.2 Å². The third-order valence-electron chi connectivity index (χ3n) is 2.92. The second-order valence-corrected chi connectivity index (χ2v) is 7.82. The minimum atomic E-state index is -3.88. The maximum absolute atomic E-state index is 14.3. The third-order valence-corrected chi connectivity index (χ3v) is 4.67. The first kappa shape index (κ1) is 18.0. The Balaban J connectivity index is 2.47. The van der Waals surface area contributed by atoms with Crippen LogP contribution < -0.4 is 4.72 Å². The summed E-state index contributed by atoms with van der Waals surface area (Å²) in [6, 6.07) is 7.11. The summed E-state index contributed by atoms with van der Waals surface area (Å²) in [5.41, 5.74) is -1.16. The highest BCUT2D eigenvalue weighted by molar-refractivity contribution is 7.89. The topological polar surface area (TPSA) is 82.9 Å². The molecule has 1 N–H and O–H groups in total. The first-order chi connectivity index (χ1) is 11.0. The number of aromatic nitrogens is 1. The van der Waals surface area contributed by atoms with Crippen LogP contribution in [0.1, 0.15) is 26.5 Å². The van der Waals surface area contributed by atoms with Crippen LogP contribution in [0.25, 0.3) is 11.3 Å². The van der Waals surface area contributed by atoms with Crippen molar-refractivity contribution in [2.45, 2.75) is 31.2 Å². The van der Waals surface area contributed by atoms with E-state index in [4.69, 9.17) is 5.26 Å². The molecule has 0 radical (unpaired) electrons. The van der Waals surface area contributed by atoms with E-state index in [1.54, 1.807) is 26.8 Å².